The van der Waals surface area contributed by atoms with Gasteiger partial charge >= 0.3 is 6.03 Å². The number of nitrogens with one attached hydrogen (secondary N) is 1. The van der Waals surface area contributed by atoms with Crippen LogP contribution >= 0.6 is 23.2 Å². The van der Waals surface area contributed by atoms with E-state index < -0.39 is 17.8 Å². The molecule has 1 aliphatic rings. The van der Waals surface area contributed by atoms with E-state index in [0.717, 1.165) is 4.90 Å². The van der Waals surface area contributed by atoms with Gasteiger partial charge in [0.2, 0.25) is 0 Å². The van der Waals surface area contributed by atoms with Crippen LogP contribution in [-0.4, -0.2) is 17.8 Å². The largest absolute Gasteiger partial charge is 0.335 e. The zero-order chi connectivity index (χ0) is 17.3. The molecule has 0 saturated carbocycles. The molecule has 1 aliphatic heterocycles. The zero-order valence-electron chi connectivity index (χ0n) is 12.1. The number of rotatable bonds is 2. The molecule has 0 radical (unpaired) electrons. The Morgan fingerprint density at radius 2 is 1.62 bits per heavy atom. The summed E-state index contributed by atoms with van der Waals surface area (Å²) in [7, 11) is 0. The van der Waals surface area contributed by atoms with Gasteiger partial charge in [-0.05, 0) is 29.8 Å². The predicted octanol–water partition coefficient (Wildman–Crippen LogP) is 3.66. The Labute approximate surface area is 147 Å². The van der Waals surface area contributed by atoms with Gasteiger partial charge in [0.05, 0.1) is 15.7 Å². The van der Waals surface area contributed by atoms with Crippen LogP contribution in [0.4, 0.5) is 10.5 Å². The van der Waals surface area contributed by atoms with Gasteiger partial charge in [-0.25, -0.2) is 9.69 Å². The van der Waals surface area contributed by atoms with Crippen LogP contribution in [0.5, 0.6) is 0 Å². The van der Waals surface area contributed by atoms with Crippen molar-refractivity contribution < 1.29 is 14.4 Å². The number of carbonyl (C=O) groups is 3. The molecular weight excluding hydrogens is 351 g/mol. The smallest absolute Gasteiger partial charge is 0.273 e. The van der Waals surface area contributed by atoms with Gasteiger partial charge in [0.1, 0.15) is 5.57 Å². The molecule has 5 nitrogen and oxygen atoms in total. The summed E-state index contributed by atoms with van der Waals surface area (Å²) in [5, 5.41) is 2.63. The number of barbiturate groups is 1. The maximum absolute atomic E-state index is 12.6. The first-order valence-corrected chi connectivity index (χ1v) is 7.64. The molecule has 1 heterocycles. The van der Waals surface area contributed by atoms with E-state index in [0.29, 0.717) is 10.6 Å². The van der Waals surface area contributed by atoms with Crippen LogP contribution in [0.2, 0.25) is 10.0 Å². The van der Waals surface area contributed by atoms with E-state index in [1.54, 1.807) is 24.3 Å². The van der Waals surface area contributed by atoms with Crippen molar-refractivity contribution in [2.24, 2.45) is 0 Å². The quantitative estimate of drug-likeness (QED) is 0.656. The fourth-order valence-electron chi connectivity index (χ4n) is 2.23. The third-order valence-corrected chi connectivity index (χ3v) is 4.11. The van der Waals surface area contributed by atoms with Crippen molar-refractivity contribution >= 4 is 52.8 Å². The minimum atomic E-state index is -0.839. The number of anilines is 1. The van der Waals surface area contributed by atoms with Gasteiger partial charge in [-0.15, -0.1) is 0 Å². The third kappa shape index (κ3) is 3.04. The molecule has 0 unspecified atom stereocenters. The van der Waals surface area contributed by atoms with Crippen LogP contribution in [0.1, 0.15) is 5.56 Å². The van der Waals surface area contributed by atoms with Crippen molar-refractivity contribution in [3.05, 3.63) is 69.7 Å². The standard InChI is InChI=1S/C17H10Cl2N2O3/c18-13-7-6-11(9-14(13)19)21-16(23)12(15(22)20-17(21)24)8-10-4-2-1-3-5-10/h1-9H,(H,20,22,24)/b12-8+. The number of hydrogen-bond donors (Lipinski definition) is 1. The molecular formula is C17H10Cl2N2O3. The highest BCUT2D eigenvalue weighted by molar-refractivity contribution is 6.43. The second-order valence-electron chi connectivity index (χ2n) is 4.97. The summed E-state index contributed by atoms with van der Waals surface area (Å²) < 4.78 is 0. The number of imide groups is 2. The molecule has 0 aromatic heterocycles. The van der Waals surface area contributed by atoms with Crippen molar-refractivity contribution in [2.75, 3.05) is 4.90 Å². The molecule has 120 valence electrons. The normalized spacial score (nSPS) is 16.5. The molecule has 2 aromatic carbocycles. The molecule has 24 heavy (non-hydrogen) atoms. The molecule has 2 aromatic rings. The Bertz CT molecular complexity index is 879. The van der Waals surface area contributed by atoms with Gasteiger partial charge in [-0.2, -0.15) is 0 Å². The van der Waals surface area contributed by atoms with Crippen molar-refractivity contribution in [2.45, 2.75) is 0 Å². The van der Waals surface area contributed by atoms with E-state index in [9.17, 15) is 14.4 Å². The molecule has 0 spiro atoms. The summed E-state index contributed by atoms with van der Waals surface area (Å²) >= 11 is 11.8. The molecule has 0 aliphatic carbocycles. The maximum atomic E-state index is 12.6. The number of halogens is 2. The summed E-state index contributed by atoms with van der Waals surface area (Å²) in [6.45, 7) is 0. The minimum absolute atomic E-state index is 0.146. The highest BCUT2D eigenvalue weighted by Crippen LogP contribution is 2.29. The molecule has 4 amide bonds. The Morgan fingerprint density at radius 1 is 0.917 bits per heavy atom. The van der Waals surface area contributed by atoms with E-state index in [-0.39, 0.29) is 16.3 Å². The summed E-state index contributed by atoms with van der Waals surface area (Å²) in [6.07, 6.45) is 1.43. The van der Waals surface area contributed by atoms with Gasteiger partial charge in [-0.3, -0.25) is 14.9 Å². The Hall–Kier alpha value is -2.63. The molecule has 1 fully saturated rings. The Morgan fingerprint density at radius 3 is 2.29 bits per heavy atom. The molecule has 0 bridgehead atoms. The van der Waals surface area contributed by atoms with Crippen molar-refractivity contribution in [1.82, 2.24) is 5.32 Å². The number of urea groups is 1. The van der Waals surface area contributed by atoms with E-state index >= 15 is 0 Å². The Balaban J connectivity index is 2.03. The molecule has 0 atom stereocenters. The third-order valence-electron chi connectivity index (χ3n) is 3.37. The van der Waals surface area contributed by atoms with E-state index in [4.69, 9.17) is 23.2 Å². The first kappa shape index (κ1) is 16.2. The van der Waals surface area contributed by atoms with Gasteiger partial charge in [0.25, 0.3) is 11.8 Å². The van der Waals surface area contributed by atoms with E-state index in [1.807, 2.05) is 6.07 Å². The van der Waals surface area contributed by atoms with Crippen molar-refractivity contribution in [3.63, 3.8) is 0 Å². The minimum Gasteiger partial charge on any atom is -0.273 e. The van der Waals surface area contributed by atoms with Crippen LogP contribution in [0.3, 0.4) is 0 Å². The molecule has 1 N–H and O–H groups in total. The number of nitrogens with zero attached hydrogens (tertiary/aromatic N) is 1. The highest BCUT2D eigenvalue weighted by Gasteiger charge is 2.36. The number of hydrogen-bond acceptors (Lipinski definition) is 3. The van der Waals surface area contributed by atoms with E-state index in [1.165, 1.54) is 24.3 Å². The first-order valence-electron chi connectivity index (χ1n) is 6.89. The lowest BCUT2D eigenvalue weighted by Gasteiger charge is -2.26. The van der Waals surface area contributed by atoms with Gasteiger partial charge < -0.3 is 0 Å². The van der Waals surface area contributed by atoms with Gasteiger partial charge in [0.15, 0.2) is 0 Å². The molecule has 7 heteroatoms. The van der Waals surface area contributed by atoms with Crippen molar-refractivity contribution in [1.29, 1.82) is 0 Å². The zero-order valence-corrected chi connectivity index (χ0v) is 13.6. The number of carbonyl (C=O) groups excluding carboxylic acids is 3. The first-order chi connectivity index (χ1) is 11.5. The number of benzene rings is 2. The second-order valence-corrected chi connectivity index (χ2v) is 5.78. The highest BCUT2D eigenvalue weighted by atomic mass is 35.5. The monoisotopic (exact) mass is 360 g/mol. The van der Waals surface area contributed by atoms with Gasteiger partial charge in [0, 0.05) is 0 Å². The van der Waals surface area contributed by atoms with E-state index in [2.05, 4.69) is 5.32 Å². The second kappa shape index (κ2) is 6.47. The molecule has 1 saturated heterocycles. The maximum Gasteiger partial charge on any atom is 0.335 e. The topological polar surface area (TPSA) is 66.5 Å². The number of amides is 4. The fraction of sp³-hybridized carbons (Fsp3) is 0. The van der Waals surface area contributed by atoms with Crippen molar-refractivity contribution in [3.8, 4) is 0 Å². The van der Waals surface area contributed by atoms with Gasteiger partial charge in [-0.1, -0.05) is 53.5 Å². The van der Waals surface area contributed by atoms with Crippen LogP contribution < -0.4 is 10.2 Å². The summed E-state index contributed by atoms with van der Waals surface area (Å²) in [4.78, 5) is 37.6. The van der Waals surface area contributed by atoms with Crippen LogP contribution in [0.25, 0.3) is 6.08 Å². The average Bonchev–Trinajstić information content (AvgIpc) is 2.55. The SMILES string of the molecule is O=C1NC(=O)N(c2ccc(Cl)c(Cl)c2)C(=O)/C1=C/c1ccccc1. The lowest BCUT2D eigenvalue weighted by molar-refractivity contribution is -0.122. The lowest BCUT2D eigenvalue weighted by Crippen LogP contribution is -2.54. The van der Waals surface area contributed by atoms with Crippen LogP contribution in [0, 0.1) is 0 Å². The Kier molecular flexibility index (Phi) is 4.38. The van der Waals surface area contributed by atoms with Crippen LogP contribution in [-0.2, 0) is 9.59 Å². The summed E-state index contributed by atoms with van der Waals surface area (Å²) in [5.41, 5.74) is 0.740. The average molecular weight is 361 g/mol. The fourth-order valence-corrected chi connectivity index (χ4v) is 2.52. The molecule has 3 rings (SSSR count). The van der Waals surface area contributed by atoms with Crippen LogP contribution in [0.15, 0.2) is 54.1 Å². The lowest BCUT2D eigenvalue weighted by atomic mass is 10.1. The summed E-state index contributed by atoms with van der Waals surface area (Å²) in [6, 6.07) is 12.3. The predicted molar refractivity (Wildman–Crippen MR) is 91.9 cm³/mol. The summed E-state index contributed by atoms with van der Waals surface area (Å²) in [5.74, 6) is -1.48.